The Morgan fingerprint density at radius 2 is 1.82 bits per heavy atom. The molecule has 1 rings (SSSR count). The van der Waals surface area contributed by atoms with Crippen molar-refractivity contribution >= 4 is 0 Å². The highest BCUT2D eigenvalue weighted by Gasteiger charge is 2.25. The van der Waals surface area contributed by atoms with Crippen LogP contribution in [0.3, 0.4) is 0 Å². The highest BCUT2D eigenvalue weighted by atomic mass is 16.3. The minimum atomic E-state index is 0.329. The van der Waals surface area contributed by atoms with E-state index in [4.69, 9.17) is 5.11 Å². The topological polar surface area (TPSA) is 23.5 Å². The molecule has 0 spiro atoms. The van der Waals surface area contributed by atoms with Gasteiger partial charge in [0.15, 0.2) is 0 Å². The Kier molecular flexibility index (Phi) is 3.34. The van der Waals surface area contributed by atoms with Gasteiger partial charge in [-0.05, 0) is 33.1 Å². The highest BCUT2D eigenvalue weighted by Crippen LogP contribution is 2.22. The second-order valence-electron chi connectivity index (χ2n) is 3.59. The van der Waals surface area contributed by atoms with Crippen LogP contribution in [0.5, 0.6) is 0 Å². The van der Waals surface area contributed by atoms with Crippen LogP contribution in [0.4, 0.5) is 0 Å². The summed E-state index contributed by atoms with van der Waals surface area (Å²) in [6.07, 6.45) is 3.58. The van der Waals surface area contributed by atoms with Crippen LogP contribution >= 0.6 is 0 Å². The smallest absolute Gasteiger partial charge is 0.0443 e. The Bertz CT molecular complexity index is 106. The summed E-state index contributed by atoms with van der Waals surface area (Å²) in [6.45, 7) is 5.95. The van der Waals surface area contributed by atoms with Gasteiger partial charge in [-0.15, -0.1) is 0 Å². The van der Waals surface area contributed by atoms with Crippen molar-refractivity contribution in [1.82, 2.24) is 4.90 Å². The first-order valence-electron chi connectivity index (χ1n) is 4.62. The van der Waals surface area contributed by atoms with E-state index in [0.717, 1.165) is 25.0 Å². The van der Waals surface area contributed by atoms with Crippen molar-refractivity contribution in [1.29, 1.82) is 0 Å². The lowest BCUT2D eigenvalue weighted by molar-refractivity contribution is 0.186. The van der Waals surface area contributed by atoms with Gasteiger partial charge in [-0.25, -0.2) is 0 Å². The maximum Gasteiger partial charge on any atom is 0.0443 e. The van der Waals surface area contributed by atoms with Crippen LogP contribution in [0.2, 0.25) is 0 Å². The second kappa shape index (κ2) is 4.07. The van der Waals surface area contributed by atoms with E-state index in [9.17, 15) is 0 Å². The van der Waals surface area contributed by atoms with Crippen molar-refractivity contribution in [2.45, 2.75) is 45.2 Å². The van der Waals surface area contributed by atoms with E-state index in [2.05, 4.69) is 18.7 Å². The van der Waals surface area contributed by atoms with Gasteiger partial charge in [0.05, 0.1) is 0 Å². The molecule has 1 N–H and O–H groups in total. The van der Waals surface area contributed by atoms with Crippen LogP contribution in [-0.2, 0) is 0 Å². The molecule has 0 aromatic carbocycles. The lowest BCUT2D eigenvalue weighted by Gasteiger charge is -2.25. The monoisotopic (exact) mass is 157 g/mol. The minimum Gasteiger partial charge on any atom is -0.396 e. The lowest BCUT2D eigenvalue weighted by Crippen LogP contribution is -2.33. The van der Waals surface area contributed by atoms with Crippen LogP contribution in [-0.4, -0.2) is 35.2 Å². The summed E-state index contributed by atoms with van der Waals surface area (Å²) in [6, 6.07) is 1.47. The van der Waals surface area contributed by atoms with Crippen molar-refractivity contribution < 1.29 is 5.11 Å². The zero-order valence-electron chi connectivity index (χ0n) is 7.58. The fourth-order valence-corrected chi connectivity index (χ4v) is 1.94. The van der Waals surface area contributed by atoms with Crippen LogP contribution in [0.1, 0.15) is 33.1 Å². The summed E-state index contributed by atoms with van der Waals surface area (Å²) >= 11 is 0. The van der Waals surface area contributed by atoms with Crippen molar-refractivity contribution in [2.24, 2.45) is 0 Å². The molecule has 0 radical (unpaired) electrons. The van der Waals surface area contributed by atoms with Gasteiger partial charge in [-0.3, -0.25) is 4.90 Å². The lowest BCUT2D eigenvalue weighted by atomic mass is 10.2. The van der Waals surface area contributed by atoms with Gasteiger partial charge in [-0.2, -0.15) is 0 Å². The van der Waals surface area contributed by atoms with Gasteiger partial charge in [0.2, 0.25) is 0 Å². The normalized spacial score (nSPS) is 33.0. The molecule has 0 saturated carbocycles. The van der Waals surface area contributed by atoms with Crippen LogP contribution in [0, 0.1) is 0 Å². The standard InChI is InChI=1S/C9H19NO/c1-8-4-5-9(2)10(8)6-3-7-11/h8-9,11H,3-7H2,1-2H3/t8-,9+. The Hall–Kier alpha value is -0.0800. The average molecular weight is 157 g/mol. The first-order chi connectivity index (χ1) is 5.25. The van der Waals surface area contributed by atoms with Crippen molar-refractivity contribution in [3.05, 3.63) is 0 Å². The predicted octanol–water partition coefficient (Wildman–Crippen LogP) is 1.24. The molecule has 1 aliphatic rings. The first kappa shape index (κ1) is 9.01. The fraction of sp³-hybridized carbons (Fsp3) is 1.00. The van der Waals surface area contributed by atoms with E-state index in [-0.39, 0.29) is 0 Å². The van der Waals surface area contributed by atoms with Gasteiger partial charge in [0, 0.05) is 25.2 Å². The number of hydrogen-bond acceptors (Lipinski definition) is 2. The Labute approximate surface area is 69.2 Å². The molecule has 1 heterocycles. The first-order valence-corrected chi connectivity index (χ1v) is 4.62. The molecule has 11 heavy (non-hydrogen) atoms. The quantitative estimate of drug-likeness (QED) is 0.666. The van der Waals surface area contributed by atoms with Crippen LogP contribution in [0.25, 0.3) is 0 Å². The molecular weight excluding hydrogens is 138 g/mol. The zero-order chi connectivity index (χ0) is 8.27. The van der Waals surface area contributed by atoms with Gasteiger partial charge in [0.25, 0.3) is 0 Å². The van der Waals surface area contributed by atoms with Crippen molar-refractivity contribution in [3.63, 3.8) is 0 Å². The highest BCUT2D eigenvalue weighted by molar-refractivity contribution is 4.81. The summed E-state index contributed by atoms with van der Waals surface area (Å²) in [4.78, 5) is 2.50. The van der Waals surface area contributed by atoms with E-state index in [0.29, 0.717) is 6.61 Å². The summed E-state index contributed by atoms with van der Waals surface area (Å²) in [5, 5.41) is 8.67. The maximum atomic E-state index is 8.67. The zero-order valence-corrected chi connectivity index (χ0v) is 7.58. The third-order valence-electron chi connectivity index (χ3n) is 2.71. The van der Waals surface area contributed by atoms with E-state index in [1.807, 2.05) is 0 Å². The van der Waals surface area contributed by atoms with E-state index in [1.165, 1.54) is 12.8 Å². The molecule has 1 saturated heterocycles. The molecule has 0 aliphatic carbocycles. The number of aliphatic hydroxyl groups excluding tert-OH is 1. The van der Waals surface area contributed by atoms with Gasteiger partial charge >= 0.3 is 0 Å². The molecule has 2 nitrogen and oxygen atoms in total. The SMILES string of the molecule is C[C@@H]1CC[C@H](C)N1CCCO. The molecule has 0 aromatic rings. The van der Waals surface area contributed by atoms with Crippen molar-refractivity contribution in [3.8, 4) is 0 Å². The van der Waals surface area contributed by atoms with Crippen LogP contribution in [0.15, 0.2) is 0 Å². The maximum absolute atomic E-state index is 8.67. The summed E-state index contributed by atoms with van der Waals surface area (Å²) in [5.41, 5.74) is 0. The summed E-state index contributed by atoms with van der Waals surface area (Å²) in [7, 11) is 0. The molecule has 1 aliphatic heterocycles. The number of aliphatic hydroxyl groups is 1. The molecule has 0 aromatic heterocycles. The third kappa shape index (κ3) is 2.17. The molecule has 0 bridgehead atoms. The van der Waals surface area contributed by atoms with Gasteiger partial charge in [0.1, 0.15) is 0 Å². The minimum absolute atomic E-state index is 0.329. The third-order valence-corrected chi connectivity index (χ3v) is 2.71. The largest absolute Gasteiger partial charge is 0.396 e. The molecular formula is C9H19NO. The van der Waals surface area contributed by atoms with Gasteiger partial charge in [-0.1, -0.05) is 0 Å². The second-order valence-corrected chi connectivity index (χ2v) is 3.59. The summed E-state index contributed by atoms with van der Waals surface area (Å²) in [5.74, 6) is 0. The molecule has 0 unspecified atom stereocenters. The summed E-state index contributed by atoms with van der Waals surface area (Å²) < 4.78 is 0. The number of hydrogen-bond donors (Lipinski definition) is 1. The van der Waals surface area contributed by atoms with E-state index < -0.39 is 0 Å². The Balaban J connectivity index is 2.29. The number of likely N-dealkylation sites (tertiary alicyclic amines) is 1. The Morgan fingerprint density at radius 1 is 1.27 bits per heavy atom. The van der Waals surface area contributed by atoms with E-state index in [1.54, 1.807) is 0 Å². The molecule has 2 atom stereocenters. The van der Waals surface area contributed by atoms with Crippen molar-refractivity contribution in [2.75, 3.05) is 13.2 Å². The van der Waals surface area contributed by atoms with Crippen LogP contribution < -0.4 is 0 Å². The number of rotatable bonds is 3. The molecule has 66 valence electrons. The average Bonchev–Trinajstić information content (AvgIpc) is 2.29. The Morgan fingerprint density at radius 3 is 2.27 bits per heavy atom. The fourth-order valence-electron chi connectivity index (χ4n) is 1.94. The molecule has 2 heteroatoms. The number of nitrogens with zero attached hydrogens (tertiary/aromatic N) is 1. The molecule has 1 fully saturated rings. The van der Waals surface area contributed by atoms with E-state index >= 15 is 0 Å². The van der Waals surface area contributed by atoms with Gasteiger partial charge < -0.3 is 5.11 Å². The predicted molar refractivity (Wildman–Crippen MR) is 46.6 cm³/mol. The molecule has 0 amide bonds.